The van der Waals surface area contributed by atoms with E-state index in [1.54, 1.807) is 6.07 Å². The number of nitrogens with zero attached hydrogens (tertiary/aromatic N) is 3. The Morgan fingerprint density at radius 3 is 2.68 bits per heavy atom. The van der Waals surface area contributed by atoms with Crippen molar-refractivity contribution in [3.63, 3.8) is 0 Å². The number of amides is 1. The summed E-state index contributed by atoms with van der Waals surface area (Å²) in [6, 6.07) is 4.96. The molecule has 0 spiro atoms. The third kappa shape index (κ3) is 3.12. The number of alkyl halides is 3. The van der Waals surface area contributed by atoms with Crippen LogP contribution in [-0.4, -0.2) is 34.0 Å². The van der Waals surface area contributed by atoms with E-state index >= 15 is 0 Å². The first-order chi connectivity index (χ1) is 11.8. The first-order valence-corrected chi connectivity index (χ1v) is 7.15. The van der Waals surface area contributed by atoms with Crippen molar-refractivity contribution in [2.75, 3.05) is 7.11 Å². The quantitative estimate of drug-likeness (QED) is 0.784. The maximum Gasteiger partial charge on any atom is 0.415 e. The van der Waals surface area contributed by atoms with Gasteiger partial charge in [-0.1, -0.05) is 12.1 Å². The Labute approximate surface area is 140 Å². The molecule has 1 aromatic carbocycles. The molecule has 25 heavy (non-hydrogen) atoms. The van der Waals surface area contributed by atoms with E-state index in [1.807, 2.05) is 0 Å². The van der Waals surface area contributed by atoms with Crippen LogP contribution >= 0.6 is 0 Å². The Kier molecular flexibility index (Phi) is 4.07. The number of halogens is 3. The fourth-order valence-electron chi connectivity index (χ4n) is 2.54. The number of pyridine rings is 1. The van der Waals surface area contributed by atoms with Crippen molar-refractivity contribution in [1.29, 1.82) is 0 Å². The molecule has 1 unspecified atom stereocenters. The number of benzene rings is 1. The topological polar surface area (TPSA) is 83.0 Å². The van der Waals surface area contributed by atoms with Crippen LogP contribution in [0, 0.1) is 0 Å². The van der Waals surface area contributed by atoms with Gasteiger partial charge in [0.15, 0.2) is 11.7 Å². The number of carbonyl (C=O) groups is 1. The monoisotopic (exact) mass is 350 g/mol. The van der Waals surface area contributed by atoms with Crippen molar-refractivity contribution in [3.8, 4) is 5.75 Å². The highest BCUT2D eigenvalue weighted by Crippen LogP contribution is 2.38. The Morgan fingerprint density at radius 2 is 2.04 bits per heavy atom. The fraction of sp³-hybridized carbons (Fsp3) is 0.188. The van der Waals surface area contributed by atoms with Gasteiger partial charge in [-0.05, 0) is 23.8 Å². The Morgan fingerprint density at radius 1 is 1.28 bits per heavy atom. The number of methoxy groups -OCH3 is 1. The van der Waals surface area contributed by atoms with Gasteiger partial charge in [-0.15, -0.1) is 0 Å². The van der Waals surface area contributed by atoms with E-state index in [0.29, 0.717) is 5.75 Å². The van der Waals surface area contributed by atoms with Crippen molar-refractivity contribution in [2.24, 2.45) is 5.73 Å². The zero-order chi connectivity index (χ0) is 18.2. The summed E-state index contributed by atoms with van der Waals surface area (Å²) in [4.78, 5) is 15.1. The normalized spacial score (nSPS) is 13.0. The third-order valence-corrected chi connectivity index (χ3v) is 3.68. The average Bonchev–Trinajstić information content (AvgIpc) is 2.97. The average molecular weight is 350 g/mol. The highest BCUT2D eigenvalue weighted by atomic mass is 19.4. The molecule has 0 saturated carbocycles. The molecule has 0 aliphatic heterocycles. The molecule has 1 atom stereocenters. The SMILES string of the molecule is COc1cccc(C(n2ncc3cc(C(N)=O)cnc32)C(F)(F)F)c1. The molecule has 2 aromatic heterocycles. The third-order valence-electron chi connectivity index (χ3n) is 3.68. The van der Waals surface area contributed by atoms with E-state index in [4.69, 9.17) is 10.5 Å². The van der Waals surface area contributed by atoms with Crippen LogP contribution in [0.1, 0.15) is 22.0 Å². The minimum atomic E-state index is -4.62. The molecular weight excluding hydrogens is 337 g/mol. The predicted octanol–water partition coefficient (Wildman–Crippen LogP) is 2.69. The summed E-state index contributed by atoms with van der Waals surface area (Å²) >= 11 is 0. The van der Waals surface area contributed by atoms with Crippen molar-refractivity contribution in [1.82, 2.24) is 14.8 Å². The van der Waals surface area contributed by atoms with Crippen molar-refractivity contribution in [2.45, 2.75) is 12.2 Å². The van der Waals surface area contributed by atoms with Gasteiger partial charge in [0.05, 0.1) is 18.9 Å². The lowest BCUT2D eigenvalue weighted by atomic mass is 10.1. The summed E-state index contributed by atoms with van der Waals surface area (Å²) in [6.07, 6.45) is -2.27. The van der Waals surface area contributed by atoms with E-state index < -0.39 is 18.1 Å². The first kappa shape index (κ1) is 16.7. The number of primary amides is 1. The van der Waals surface area contributed by atoms with E-state index in [1.165, 1.54) is 37.6 Å². The number of hydrogen-bond donors (Lipinski definition) is 1. The van der Waals surface area contributed by atoms with Crippen LogP contribution in [-0.2, 0) is 0 Å². The van der Waals surface area contributed by atoms with E-state index in [9.17, 15) is 18.0 Å². The van der Waals surface area contributed by atoms with Crippen LogP contribution in [0.3, 0.4) is 0 Å². The second-order valence-electron chi connectivity index (χ2n) is 5.31. The van der Waals surface area contributed by atoms with Crippen LogP contribution in [0.4, 0.5) is 13.2 Å². The lowest BCUT2D eigenvalue weighted by molar-refractivity contribution is -0.158. The van der Waals surface area contributed by atoms with Crippen LogP contribution in [0.25, 0.3) is 11.0 Å². The van der Waals surface area contributed by atoms with Gasteiger partial charge in [0.1, 0.15) is 5.75 Å². The summed E-state index contributed by atoms with van der Waals surface area (Å²) < 4.78 is 47.0. The van der Waals surface area contributed by atoms with Crippen molar-refractivity contribution >= 4 is 16.9 Å². The zero-order valence-corrected chi connectivity index (χ0v) is 13.0. The maximum atomic E-state index is 13.7. The van der Waals surface area contributed by atoms with E-state index in [-0.39, 0.29) is 22.2 Å². The molecule has 3 rings (SSSR count). The minimum absolute atomic E-state index is 0.00450. The number of ether oxygens (including phenoxy) is 1. The molecule has 0 aliphatic carbocycles. The molecular formula is C16H13F3N4O2. The fourth-order valence-corrected chi connectivity index (χ4v) is 2.54. The zero-order valence-electron chi connectivity index (χ0n) is 13.0. The molecule has 2 heterocycles. The highest BCUT2D eigenvalue weighted by molar-refractivity contribution is 5.95. The lowest BCUT2D eigenvalue weighted by Crippen LogP contribution is -2.28. The first-order valence-electron chi connectivity index (χ1n) is 7.15. The summed E-state index contributed by atoms with van der Waals surface area (Å²) in [7, 11) is 1.37. The number of hydrogen-bond acceptors (Lipinski definition) is 4. The molecule has 2 N–H and O–H groups in total. The number of aromatic nitrogens is 3. The lowest BCUT2D eigenvalue weighted by Gasteiger charge is -2.22. The van der Waals surface area contributed by atoms with Gasteiger partial charge in [0, 0.05) is 11.6 Å². The van der Waals surface area contributed by atoms with E-state index in [2.05, 4.69) is 10.1 Å². The summed E-state index contributed by atoms with van der Waals surface area (Å²) in [5.74, 6) is -0.422. The Hall–Kier alpha value is -3.10. The van der Waals surface area contributed by atoms with Crippen LogP contribution in [0.15, 0.2) is 42.7 Å². The van der Waals surface area contributed by atoms with Crippen molar-refractivity contribution in [3.05, 3.63) is 53.9 Å². The Balaban J connectivity index is 2.17. The summed E-state index contributed by atoms with van der Waals surface area (Å²) in [6.45, 7) is 0. The molecule has 0 fully saturated rings. The smallest absolute Gasteiger partial charge is 0.415 e. The predicted molar refractivity (Wildman–Crippen MR) is 83.2 cm³/mol. The number of carbonyl (C=O) groups excluding carboxylic acids is 1. The van der Waals surface area contributed by atoms with Gasteiger partial charge >= 0.3 is 6.18 Å². The van der Waals surface area contributed by atoms with E-state index in [0.717, 1.165) is 10.9 Å². The second-order valence-corrected chi connectivity index (χ2v) is 5.31. The largest absolute Gasteiger partial charge is 0.497 e. The number of fused-ring (bicyclic) bond motifs is 1. The van der Waals surface area contributed by atoms with Gasteiger partial charge in [-0.3, -0.25) is 4.79 Å². The molecule has 130 valence electrons. The minimum Gasteiger partial charge on any atom is -0.497 e. The molecule has 0 radical (unpaired) electrons. The molecule has 0 aliphatic rings. The van der Waals surface area contributed by atoms with Crippen molar-refractivity contribution < 1.29 is 22.7 Å². The second kappa shape index (κ2) is 6.08. The van der Waals surface area contributed by atoms with Gasteiger partial charge in [0.25, 0.3) is 0 Å². The summed E-state index contributed by atoms with van der Waals surface area (Å²) in [5.41, 5.74) is 5.21. The van der Waals surface area contributed by atoms with Crippen LogP contribution in [0.2, 0.25) is 0 Å². The number of nitrogens with two attached hydrogens (primary N) is 1. The molecule has 3 aromatic rings. The van der Waals surface area contributed by atoms with Gasteiger partial charge in [-0.25, -0.2) is 9.67 Å². The molecule has 9 heteroatoms. The molecule has 0 saturated heterocycles. The molecule has 1 amide bonds. The Bertz CT molecular complexity index is 937. The van der Waals surface area contributed by atoms with Crippen LogP contribution < -0.4 is 10.5 Å². The maximum absolute atomic E-state index is 13.7. The van der Waals surface area contributed by atoms with Gasteiger partial charge in [-0.2, -0.15) is 18.3 Å². The van der Waals surface area contributed by atoms with Gasteiger partial charge in [0.2, 0.25) is 5.91 Å². The molecule has 6 nitrogen and oxygen atoms in total. The highest BCUT2D eigenvalue weighted by Gasteiger charge is 2.44. The standard InChI is InChI=1S/C16H13F3N4O2/c1-25-12-4-2-3-9(6-12)13(16(17,18)19)23-15-11(8-22-23)5-10(7-21-15)14(20)24/h2-8,13H,1H3,(H2,20,24). The summed E-state index contributed by atoms with van der Waals surface area (Å²) in [5, 5.41) is 4.12. The number of rotatable bonds is 4. The van der Waals surface area contributed by atoms with Gasteiger partial charge < -0.3 is 10.5 Å². The van der Waals surface area contributed by atoms with Crippen LogP contribution in [0.5, 0.6) is 5.75 Å². The molecule has 0 bridgehead atoms.